The van der Waals surface area contributed by atoms with E-state index in [2.05, 4.69) is 0 Å². The highest BCUT2D eigenvalue weighted by Crippen LogP contribution is 2.28. The summed E-state index contributed by atoms with van der Waals surface area (Å²) in [6.45, 7) is 0.352. The fourth-order valence-electron chi connectivity index (χ4n) is 2.45. The van der Waals surface area contributed by atoms with Crippen molar-refractivity contribution in [3.05, 3.63) is 60.0 Å². The second kappa shape index (κ2) is 5.48. The summed E-state index contributed by atoms with van der Waals surface area (Å²) in [6.07, 6.45) is 0. The molecule has 0 aliphatic carbocycles. The molecule has 3 aromatic rings. The topological polar surface area (TPSA) is 23.4 Å². The van der Waals surface area contributed by atoms with Crippen molar-refractivity contribution < 1.29 is 13.9 Å². The molecule has 1 heterocycles. The van der Waals surface area contributed by atoms with Crippen molar-refractivity contribution in [2.45, 2.75) is 6.61 Å². The molecule has 3 nitrogen and oxygen atoms in total. The molecule has 0 fully saturated rings. The van der Waals surface area contributed by atoms with Crippen LogP contribution >= 0.6 is 0 Å². The standard InChI is InChI=1S/C17H16FNO2/c1-19-13(10-12-6-5-7-14(18)17(12)19)11-21-16-9-4-3-8-15(16)20-2/h3-10H,11H2,1-2H3. The number of hydrogen-bond acceptors (Lipinski definition) is 2. The second-order valence-electron chi connectivity index (χ2n) is 4.81. The third kappa shape index (κ3) is 2.44. The molecule has 0 unspecified atom stereocenters. The summed E-state index contributed by atoms with van der Waals surface area (Å²) in [7, 11) is 3.45. The average Bonchev–Trinajstić information content (AvgIpc) is 2.83. The Morgan fingerprint density at radius 3 is 2.52 bits per heavy atom. The molecule has 0 saturated carbocycles. The summed E-state index contributed by atoms with van der Waals surface area (Å²) in [4.78, 5) is 0. The van der Waals surface area contributed by atoms with Gasteiger partial charge >= 0.3 is 0 Å². The van der Waals surface area contributed by atoms with Crippen LogP contribution in [0, 0.1) is 5.82 Å². The van der Waals surface area contributed by atoms with Crippen LogP contribution in [0.3, 0.4) is 0 Å². The number of halogens is 1. The minimum Gasteiger partial charge on any atom is -0.493 e. The normalized spacial score (nSPS) is 10.8. The molecule has 21 heavy (non-hydrogen) atoms. The summed E-state index contributed by atoms with van der Waals surface area (Å²) in [5.41, 5.74) is 1.50. The number of methoxy groups -OCH3 is 1. The third-order valence-corrected chi connectivity index (χ3v) is 3.55. The smallest absolute Gasteiger partial charge is 0.161 e. The number of fused-ring (bicyclic) bond motifs is 1. The molecule has 0 amide bonds. The van der Waals surface area contributed by atoms with E-state index in [0.29, 0.717) is 23.6 Å². The Hall–Kier alpha value is -2.49. The summed E-state index contributed by atoms with van der Waals surface area (Å²) in [5.74, 6) is 1.13. The fourth-order valence-corrected chi connectivity index (χ4v) is 2.45. The van der Waals surface area contributed by atoms with Gasteiger partial charge in [0.1, 0.15) is 12.4 Å². The molecule has 4 heteroatoms. The lowest BCUT2D eigenvalue weighted by molar-refractivity contribution is 0.278. The maximum absolute atomic E-state index is 13.9. The van der Waals surface area contributed by atoms with Crippen LogP contribution in [0.15, 0.2) is 48.5 Å². The molecule has 0 N–H and O–H groups in total. The van der Waals surface area contributed by atoms with E-state index in [1.165, 1.54) is 6.07 Å². The van der Waals surface area contributed by atoms with Crippen LogP contribution in [-0.2, 0) is 13.7 Å². The molecule has 0 aliphatic rings. The average molecular weight is 285 g/mol. The fraction of sp³-hybridized carbons (Fsp3) is 0.176. The van der Waals surface area contributed by atoms with E-state index in [1.54, 1.807) is 13.2 Å². The Morgan fingerprint density at radius 2 is 1.81 bits per heavy atom. The highest BCUT2D eigenvalue weighted by molar-refractivity contribution is 5.81. The molecule has 0 atom stereocenters. The lowest BCUT2D eigenvalue weighted by Crippen LogP contribution is -2.03. The summed E-state index contributed by atoms with van der Waals surface area (Å²) in [5, 5.41) is 0.871. The molecule has 2 aromatic carbocycles. The van der Waals surface area contributed by atoms with Crippen molar-refractivity contribution in [1.82, 2.24) is 4.57 Å². The van der Waals surface area contributed by atoms with Gasteiger partial charge in [0.2, 0.25) is 0 Å². The minimum atomic E-state index is -0.224. The Morgan fingerprint density at radius 1 is 1.05 bits per heavy atom. The first-order valence-electron chi connectivity index (χ1n) is 6.69. The first kappa shape index (κ1) is 13.5. The number of aryl methyl sites for hydroxylation is 1. The molecule has 0 bridgehead atoms. The number of nitrogens with zero attached hydrogens (tertiary/aromatic N) is 1. The number of hydrogen-bond donors (Lipinski definition) is 0. The van der Waals surface area contributed by atoms with Crippen LogP contribution in [0.2, 0.25) is 0 Å². The largest absolute Gasteiger partial charge is 0.493 e. The zero-order chi connectivity index (χ0) is 14.8. The lowest BCUT2D eigenvalue weighted by Gasteiger charge is -2.11. The van der Waals surface area contributed by atoms with E-state index in [1.807, 2.05) is 48.0 Å². The summed E-state index contributed by atoms with van der Waals surface area (Å²) >= 11 is 0. The predicted octanol–water partition coefficient (Wildman–Crippen LogP) is 3.91. The molecule has 1 aromatic heterocycles. The van der Waals surface area contributed by atoms with Gasteiger partial charge in [-0.15, -0.1) is 0 Å². The second-order valence-corrected chi connectivity index (χ2v) is 4.81. The van der Waals surface area contributed by atoms with Gasteiger partial charge in [-0.3, -0.25) is 0 Å². The van der Waals surface area contributed by atoms with Gasteiger partial charge in [0.05, 0.1) is 18.3 Å². The van der Waals surface area contributed by atoms with Crippen molar-refractivity contribution in [1.29, 1.82) is 0 Å². The predicted molar refractivity (Wildman–Crippen MR) is 80.2 cm³/mol. The van der Waals surface area contributed by atoms with E-state index in [9.17, 15) is 4.39 Å². The molecule has 0 aliphatic heterocycles. The van der Waals surface area contributed by atoms with Gasteiger partial charge in [-0.05, 0) is 24.3 Å². The highest BCUT2D eigenvalue weighted by Gasteiger charge is 2.11. The van der Waals surface area contributed by atoms with Gasteiger partial charge in [-0.1, -0.05) is 24.3 Å². The Labute approximate surface area is 122 Å². The van der Waals surface area contributed by atoms with Gasteiger partial charge in [0.25, 0.3) is 0 Å². The van der Waals surface area contributed by atoms with Crippen LogP contribution in [-0.4, -0.2) is 11.7 Å². The number of aromatic nitrogens is 1. The van der Waals surface area contributed by atoms with Crippen molar-refractivity contribution in [2.24, 2.45) is 7.05 Å². The molecule has 0 radical (unpaired) electrons. The zero-order valence-corrected chi connectivity index (χ0v) is 12.0. The number of rotatable bonds is 4. The molecule has 0 saturated heterocycles. The molecule has 0 spiro atoms. The van der Waals surface area contributed by atoms with Crippen LogP contribution in [0.4, 0.5) is 4.39 Å². The maximum atomic E-state index is 13.9. The highest BCUT2D eigenvalue weighted by atomic mass is 19.1. The van der Waals surface area contributed by atoms with Crippen LogP contribution in [0.1, 0.15) is 5.69 Å². The van der Waals surface area contributed by atoms with Crippen molar-refractivity contribution in [3.63, 3.8) is 0 Å². The van der Waals surface area contributed by atoms with E-state index >= 15 is 0 Å². The van der Waals surface area contributed by atoms with Crippen LogP contribution in [0.5, 0.6) is 11.5 Å². The molecule has 108 valence electrons. The van der Waals surface area contributed by atoms with E-state index in [-0.39, 0.29) is 5.82 Å². The number of benzene rings is 2. The first-order valence-corrected chi connectivity index (χ1v) is 6.69. The SMILES string of the molecule is COc1ccccc1OCc1cc2cccc(F)c2n1C. The van der Waals surface area contributed by atoms with Gasteiger partial charge < -0.3 is 14.0 Å². The van der Waals surface area contributed by atoms with Gasteiger partial charge in [0.15, 0.2) is 11.5 Å². The number of ether oxygens (including phenoxy) is 2. The Balaban J connectivity index is 1.89. The van der Waals surface area contributed by atoms with Crippen LogP contribution < -0.4 is 9.47 Å². The van der Waals surface area contributed by atoms with Gasteiger partial charge in [-0.25, -0.2) is 4.39 Å². The summed E-state index contributed by atoms with van der Waals surface area (Å²) in [6, 6.07) is 14.5. The maximum Gasteiger partial charge on any atom is 0.161 e. The Kier molecular flexibility index (Phi) is 3.52. The molecular weight excluding hydrogens is 269 g/mol. The summed E-state index contributed by atoms with van der Waals surface area (Å²) < 4.78 is 26.7. The van der Waals surface area contributed by atoms with Crippen molar-refractivity contribution in [2.75, 3.05) is 7.11 Å². The quantitative estimate of drug-likeness (QED) is 0.725. The van der Waals surface area contributed by atoms with E-state index in [0.717, 1.165) is 11.1 Å². The molecular formula is C17H16FNO2. The van der Waals surface area contributed by atoms with E-state index in [4.69, 9.17) is 9.47 Å². The monoisotopic (exact) mass is 285 g/mol. The van der Waals surface area contributed by atoms with Gasteiger partial charge in [0, 0.05) is 12.4 Å². The lowest BCUT2D eigenvalue weighted by atomic mass is 10.2. The molecule has 3 rings (SSSR count). The Bertz CT molecular complexity index is 780. The first-order chi connectivity index (χ1) is 10.2. The minimum absolute atomic E-state index is 0.224. The van der Waals surface area contributed by atoms with Crippen LogP contribution in [0.25, 0.3) is 10.9 Å². The third-order valence-electron chi connectivity index (χ3n) is 3.55. The zero-order valence-electron chi connectivity index (χ0n) is 12.0. The van der Waals surface area contributed by atoms with Crippen molar-refractivity contribution in [3.8, 4) is 11.5 Å². The van der Waals surface area contributed by atoms with Crippen molar-refractivity contribution >= 4 is 10.9 Å². The van der Waals surface area contributed by atoms with E-state index < -0.39 is 0 Å². The van der Waals surface area contributed by atoms with Gasteiger partial charge in [-0.2, -0.15) is 0 Å². The number of para-hydroxylation sites is 3.